The van der Waals surface area contributed by atoms with E-state index in [9.17, 15) is 0 Å². The van der Waals surface area contributed by atoms with Gasteiger partial charge in [-0.1, -0.05) is 13.3 Å². The van der Waals surface area contributed by atoms with Crippen molar-refractivity contribution >= 4 is 11.3 Å². The molecule has 2 unspecified atom stereocenters. The van der Waals surface area contributed by atoms with Crippen LogP contribution >= 0.6 is 11.3 Å². The quantitative estimate of drug-likeness (QED) is 0.892. The summed E-state index contributed by atoms with van der Waals surface area (Å²) >= 11 is 1.90. The summed E-state index contributed by atoms with van der Waals surface area (Å²) in [5.41, 5.74) is 6.00. The van der Waals surface area contributed by atoms with Gasteiger partial charge in [-0.2, -0.15) is 0 Å². The van der Waals surface area contributed by atoms with Crippen LogP contribution in [0.4, 0.5) is 0 Å². The van der Waals surface area contributed by atoms with E-state index in [-0.39, 0.29) is 0 Å². The van der Waals surface area contributed by atoms with Crippen LogP contribution in [0.25, 0.3) is 0 Å². The largest absolute Gasteiger partial charge is 0.329 e. The van der Waals surface area contributed by atoms with E-state index in [0.29, 0.717) is 6.04 Å². The Labute approximate surface area is 109 Å². The van der Waals surface area contributed by atoms with E-state index >= 15 is 0 Å². The second kappa shape index (κ2) is 5.98. The first-order valence-electron chi connectivity index (χ1n) is 6.75. The number of piperidine rings is 1. The molecule has 2 heterocycles. The molecular formula is C14H24N2S. The molecule has 1 saturated heterocycles. The fourth-order valence-electron chi connectivity index (χ4n) is 2.79. The number of thiophene rings is 1. The van der Waals surface area contributed by atoms with Crippen molar-refractivity contribution in [2.75, 3.05) is 19.6 Å². The molecule has 17 heavy (non-hydrogen) atoms. The van der Waals surface area contributed by atoms with Gasteiger partial charge in [0.1, 0.15) is 0 Å². The van der Waals surface area contributed by atoms with Gasteiger partial charge in [-0.15, -0.1) is 11.3 Å². The molecule has 2 N–H and O–H groups in total. The van der Waals surface area contributed by atoms with E-state index in [1.807, 2.05) is 11.3 Å². The van der Waals surface area contributed by atoms with Crippen LogP contribution in [-0.2, 0) is 0 Å². The molecule has 1 aromatic heterocycles. The zero-order valence-corrected chi connectivity index (χ0v) is 11.8. The van der Waals surface area contributed by atoms with Crippen LogP contribution < -0.4 is 5.73 Å². The van der Waals surface area contributed by atoms with Gasteiger partial charge in [0, 0.05) is 22.8 Å². The number of likely N-dealkylation sites (tertiary alicyclic amines) is 1. The van der Waals surface area contributed by atoms with Gasteiger partial charge < -0.3 is 5.73 Å². The highest BCUT2D eigenvalue weighted by molar-refractivity contribution is 7.12. The van der Waals surface area contributed by atoms with E-state index in [1.165, 1.54) is 42.1 Å². The Bertz CT molecular complexity index is 348. The molecule has 1 fully saturated rings. The van der Waals surface area contributed by atoms with Crippen molar-refractivity contribution in [1.82, 2.24) is 4.90 Å². The molecule has 0 spiro atoms. The van der Waals surface area contributed by atoms with Crippen LogP contribution in [0.3, 0.4) is 0 Å². The zero-order chi connectivity index (χ0) is 12.3. The fourth-order valence-corrected chi connectivity index (χ4v) is 3.82. The van der Waals surface area contributed by atoms with E-state index in [4.69, 9.17) is 5.73 Å². The van der Waals surface area contributed by atoms with E-state index < -0.39 is 0 Å². The normalized spacial score (nSPS) is 23.8. The molecule has 0 aromatic carbocycles. The summed E-state index contributed by atoms with van der Waals surface area (Å²) < 4.78 is 0. The Morgan fingerprint density at radius 2 is 2.35 bits per heavy atom. The molecule has 1 aromatic rings. The molecule has 3 heteroatoms. The van der Waals surface area contributed by atoms with Crippen LogP contribution in [0.1, 0.15) is 42.0 Å². The van der Waals surface area contributed by atoms with Gasteiger partial charge >= 0.3 is 0 Å². The first kappa shape index (κ1) is 13.1. The van der Waals surface area contributed by atoms with E-state index in [0.717, 1.165) is 12.5 Å². The lowest BCUT2D eigenvalue weighted by atomic mass is 9.94. The Morgan fingerprint density at radius 3 is 2.94 bits per heavy atom. The molecule has 1 aliphatic heterocycles. The summed E-state index contributed by atoms with van der Waals surface area (Å²) in [6.07, 6.45) is 4.03. The van der Waals surface area contributed by atoms with Crippen molar-refractivity contribution in [3.05, 3.63) is 21.9 Å². The maximum atomic E-state index is 6.00. The minimum absolute atomic E-state index is 0.447. The highest BCUT2D eigenvalue weighted by Crippen LogP contribution is 2.31. The van der Waals surface area contributed by atoms with Gasteiger partial charge in [-0.3, -0.25) is 4.90 Å². The number of nitrogens with two attached hydrogens (primary N) is 1. The third-order valence-corrected chi connectivity index (χ3v) is 4.98. The van der Waals surface area contributed by atoms with Crippen LogP contribution in [-0.4, -0.2) is 24.5 Å². The molecule has 2 atom stereocenters. The van der Waals surface area contributed by atoms with Crippen molar-refractivity contribution in [3.63, 3.8) is 0 Å². The predicted molar refractivity (Wildman–Crippen MR) is 75.4 cm³/mol. The number of hydrogen-bond donors (Lipinski definition) is 1. The Kier molecular flexibility index (Phi) is 4.60. The molecule has 2 nitrogen and oxygen atoms in total. The first-order chi connectivity index (χ1) is 8.24. The second-order valence-electron chi connectivity index (χ2n) is 5.11. The molecule has 0 amide bonds. The molecule has 0 aliphatic carbocycles. The Morgan fingerprint density at radius 1 is 1.53 bits per heavy atom. The number of rotatable bonds is 4. The van der Waals surface area contributed by atoms with Crippen LogP contribution in [0, 0.1) is 12.8 Å². The van der Waals surface area contributed by atoms with Gasteiger partial charge in [0.15, 0.2) is 0 Å². The van der Waals surface area contributed by atoms with Crippen molar-refractivity contribution in [2.24, 2.45) is 11.7 Å². The molecule has 1 aliphatic rings. The van der Waals surface area contributed by atoms with Crippen LogP contribution in [0.5, 0.6) is 0 Å². The summed E-state index contributed by atoms with van der Waals surface area (Å²) in [5, 5.41) is 0. The van der Waals surface area contributed by atoms with Gasteiger partial charge in [0.05, 0.1) is 6.04 Å². The first-order valence-corrected chi connectivity index (χ1v) is 7.56. The summed E-state index contributed by atoms with van der Waals surface area (Å²) in [5.74, 6) is 0.874. The van der Waals surface area contributed by atoms with Crippen molar-refractivity contribution in [2.45, 2.75) is 39.2 Å². The third kappa shape index (κ3) is 3.09. The number of nitrogens with zero attached hydrogens (tertiary/aromatic N) is 1. The molecule has 0 radical (unpaired) electrons. The average Bonchev–Trinajstić information content (AvgIpc) is 2.77. The van der Waals surface area contributed by atoms with E-state index in [2.05, 4.69) is 30.9 Å². The molecule has 2 rings (SSSR count). The monoisotopic (exact) mass is 252 g/mol. The SMILES string of the molecule is CCC1CCCN(C(CN)c2ccc(C)s2)C1. The highest BCUT2D eigenvalue weighted by Gasteiger charge is 2.25. The molecule has 96 valence electrons. The number of hydrogen-bond acceptors (Lipinski definition) is 3. The summed E-state index contributed by atoms with van der Waals surface area (Å²) in [4.78, 5) is 5.44. The maximum Gasteiger partial charge on any atom is 0.0564 e. The highest BCUT2D eigenvalue weighted by atomic mass is 32.1. The average molecular weight is 252 g/mol. The summed E-state index contributed by atoms with van der Waals surface area (Å²) in [7, 11) is 0. The van der Waals surface area contributed by atoms with Crippen molar-refractivity contribution in [1.29, 1.82) is 0 Å². The fraction of sp³-hybridized carbons (Fsp3) is 0.714. The lowest BCUT2D eigenvalue weighted by Crippen LogP contribution is -2.40. The van der Waals surface area contributed by atoms with Gasteiger partial charge in [0.25, 0.3) is 0 Å². The Balaban J connectivity index is 2.07. The van der Waals surface area contributed by atoms with Gasteiger partial charge in [-0.25, -0.2) is 0 Å². The van der Waals surface area contributed by atoms with Crippen molar-refractivity contribution < 1.29 is 0 Å². The van der Waals surface area contributed by atoms with Gasteiger partial charge in [-0.05, 0) is 44.4 Å². The lowest BCUT2D eigenvalue weighted by molar-refractivity contribution is 0.126. The second-order valence-corrected chi connectivity index (χ2v) is 6.43. The standard InChI is InChI=1S/C14H24N2S/c1-3-12-5-4-8-16(10-12)13(9-15)14-7-6-11(2)17-14/h6-7,12-13H,3-5,8-10,15H2,1-2H3. The minimum Gasteiger partial charge on any atom is -0.329 e. The number of aryl methyl sites for hydroxylation is 1. The van der Waals surface area contributed by atoms with Gasteiger partial charge in [0.2, 0.25) is 0 Å². The molecule has 0 saturated carbocycles. The molecular weight excluding hydrogens is 228 g/mol. The smallest absolute Gasteiger partial charge is 0.0564 e. The van der Waals surface area contributed by atoms with Crippen molar-refractivity contribution in [3.8, 4) is 0 Å². The maximum absolute atomic E-state index is 6.00. The molecule has 0 bridgehead atoms. The van der Waals surface area contributed by atoms with Crippen LogP contribution in [0.15, 0.2) is 12.1 Å². The minimum atomic E-state index is 0.447. The van der Waals surface area contributed by atoms with Crippen LogP contribution in [0.2, 0.25) is 0 Å². The lowest BCUT2D eigenvalue weighted by Gasteiger charge is -2.37. The summed E-state index contributed by atoms with van der Waals surface area (Å²) in [6, 6.07) is 4.92. The third-order valence-electron chi connectivity index (χ3n) is 3.88. The zero-order valence-electron chi connectivity index (χ0n) is 11.0. The van der Waals surface area contributed by atoms with E-state index in [1.54, 1.807) is 0 Å². The Hall–Kier alpha value is -0.380. The predicted octanol–water partition coefficient (Wildman–Crippen LogP) is 3.18. The summed E-state index contributed by atoms with van der Waals surface area (Å²) in [6.45, 7) is 7.68. The topological polar surface area (TPSA) is 29.3 Å².